The van der Waals surface area contributed by atoms with Crippen molar-refractivity contribution in [3.8, 4) is 0 Å². The Labute approximate surface area is 101 Å². The first-order valence-corrected chi connectivity index (χ1v) is 5.91. The van der Waals surface area contributed by atoms with Crippen molar-refractivity contribution in [2.75, 3.05) is 19.8 Å². The number of rotatable bonds is 10. The standard InChI is InChI=1S/C10H20BF3O3/c1-3-5-7-15-11(16-8-6-4-2)17-9-10(12,13)14/h3-9H2,1-2H3. The minimum Gasteiger partial charge on any atom is -0.386 e. The number of halogens is 3. The first kappa shape index (κ1) is 16.7. The van der Waals surface area contributed by atoms with Gasteiger partial charge in [-0.3, -0.25) is 0 Å². The van der Waals surface area contributed by atoms with Crippen LogP contribution in [-0.2, 0) is 14.0 Å². The molecular formula is C10H20BF3O3. The highest BCUT2D eigenvalue weighted by Crippen LogP contribution is 2.15. The van der Waals surface area contributed by atoms with E-state index < -0.39 is 20.1 Å². The van der Waals surface area contributed by atoms with Crippen molar-refractivity contribution in [3.05, 3.63) is 0 Å². The predicted molar refractivity (Wildman–Crippen MR) is 59.5 cm³/mol. The third-order valence-electron chi connectivity index (χ3n) is 1.89. The van der Waals surface area contributed by atoms with Crippen LogP contribution in [0.4, 0.5) is 13.2 Å². The molecule has 0 atom stereocenters. The van der Waals surface area contributed by atoms with Crippen LogP contribution in [0.1, 0.15) is 39.5 Å². The van der Waals surface area contributed by atoms with Crippen LogP contribution in [0.5, 0.6) is 0 Å². The molecule has 0 aliphatic heterocycles. The number of hydrogen-bond donors (Lipinski definition) is 0. The average molecular weight is 256 g/mol. The zero-order valence-corrected chi connectivity index (χ0v) is 10.4. The molecule has 0 aliphatic carbocycles. The second kappa shape index (κ2) is 9.73. The van der Waals surface area contributed by atoms with Gasteiger partial charge in [0.1, 0.15) is 6.61 Å². The highest BCUT2D eigenvalue weighted by atomic mass is 19.4. The Bertz CT molecular complexity index is 169. The summed E-state index contributed by atoms with van der Waals surface area (Å²) in [4.78, 5) is 0. The first-order valence-electron chi connectivity index (χ1n) is 5.91. The van der Waals surface area contributed by atoms with E-state index in [1.54, 1.807) is 0 Å². The van der Waals surface area contributed by atoms with E-state index in [4.69, 9.17) is 9.31 Å². The summed E-state index contributed by atoms with van der Waals surface area (Å²) in [6.45, 7) is 3.26. The topological polar surface area (TPSA) is 27.7 Å². The molecule has 0 N–H and O–H groups in total. The van der Waals surface area contributed by atoms with Crippen molar-refractivity contribution in [2.45, 2.75) is 45.7 Å². The first-order chi connectivity index (χ1) is 7.99. The van der Waals surface area contributed by atoms with E-state index in [-0.39, 0.29) is 0 Å². The predicted octanol–water partition coefficient (Wildman–Crippen LogP) is 3.18. The Balaban J connectivity index is 3.83. The van der Waals surface area contributed by atoms with E-state index in [2.05, 4.69) is 4.65 Å². The lowest BCUT2D eigenvalue weighted by atomic mass is 10.2. The summed E-state index contributed by atoms with van der Waals surface area (Å²) in [5.74, 6) is 0. The van der Waals surface area contributed by atoms with E-state index >= 15 is 0 Å². The van der Waals surface area contributed by atoms with Crippen LogP contribution in [0.25, 0.3) is 0 Å². The maximum Gasteiger partial charge on any atom is 0.639 e. The molecule has 0 aromatic carbocycles. The van der Waals surface area contributed by atoms with Crippen LogP contribution in [0.15, 0.2) is 0 Å². The molecule has 3 nitrogen and oxygen atoms in total. The molecule has 7 heteroatoms. The smallest absolute Gasteiger partial charge is 0.386 e. The van der Waals surface area contributed by atoms with E-state index in [0.29, 0.717) is 13.2 Å². The minimum atomic E-state index is -4.36. The number of hydrogen-bond acceptors (Lipinski definition) is 3. The summed E-state index contributed by atoms with van der Waals surface area (Å²) in [6, 6.07) is 0. The molecular weight excluding hydrogens is 236 g/mol. The van der Waals surface area contributed by atoms with Crippen LogP contribution in [-0.4, -0.2) is 33.3 Å². The van der Waals surface area contributed by atoms with Crippen molar-refractivity contribution in [2.24, 2.45) is 0 Å². The SMILES string of the molecule is CCCCOB(OCCCC)OCC(F)(F)F. The Kier molecular flexibility index (Phi) is 9.58. The quantitative estimate of drug-likeness (QED) is 0.443. The van der Waals surface area contributed by atoms with E-state index in [9.17, 15) is 13.2 Å². The molecule has 0 aromatic heterocycles. The fraction of sp³-hybridized carbons (Fsp3) is 1.00. The molecule has 0 fully saturated rings. The van der Waals surface area contributed by atoms with Gasteiger partial charge < -0.3 is 14.0 Å². The van der Waals surface area contributed by atoms with Gasteiger partial charge in [-0.1, -0.05) is 26.7 Å². The molecule has 17 heavy (non-hydrogen) atoms. The maximum atomic E-state index is 12.0. The third-order valence-corrected chi connectivity index (χ3v) is 1.89. The number of alkyl halides is 3. The van der Waals surface area contributed by atoms with E-state index in [1.165, 1.54) is 0 Å². The second-order valence-electron chi connectivity index (χ2n) is 3.66. The third kappa shape index (κ3) is 12.0. The summed E-state index contributed by atoms with van der Waals surface area (Å²) in [5.41, 5.74) is 0. The van der Waals surface area contributed by atoms with Gasteiger partial charge in [-0.05, 0) is 12.8 Å². The lowest BCUT2D eigenvalue weighted by molar-refractivity contribution is -0.161. The van der Waals surface area contributed by atoms with Crippen LogP contribution in [0, 0.1) is 0 Å². The molecule has 0 saturated carbocycles. The highest BCUT2D eigenvalue weighted by Gasteiger charge is 2.32. The summed E-state index contributed by atoms with van der Waals surface area (Å²) in [5, 5.41) is 0. The van der Waals surface area contributed by atoms with Crippen molar-refractivity contribution in [1.29, 1.82) is 0 Å². The highest BCUT2D eigenvalue weighted by molar-refractivity contribution is 6.36. The Hall–Kier alpha value is -0.265. The van der Waals surface area contributed by atoms with Gasteiger partial charge in [-0.2, -0.15) is 13.2 Å². The van der Waals surface area contributed by atoms with Crippen LogP contribution in [0.2, 0.25) is 0 Å². The Morgan fingerprint density at radius 1 is 0.882 bits per heavy atom. The molecule has 0 aliphatic rings. The van der Waals surface area contributed by atoms with Crippen molar-refractivity contribution in [1.82, 2.24) is 0 Å². The molecule has 0 unspecified atom stereocenters. The van der Waals surface area contributed by atoms with Crippen LogP contribution >= 0.6 is 0 Å². The fourth-order valence-electron chi connectivity index (χ4n) is 0.955. The van der Waals surface area contributed by atoms with Crippen LogP contribution < -0.4 is 0 Å². The minimum absolute atomic E-state index is 0.338. The largest absolute Gasteiger partial charge is 0.639 e. The van der Waals surface area contributed by atoms with Crippen molar-refractivity contribution >= 4 is 7.32 Å². The lowest BCUT2D eigenvalue weighted by Gasteiger charge is -2.15. The van der Waals surface area contributed by atoms with Gasteiger partial charge in [0.2, 0.25) is 0 Å². The lowest BCUT2D eigenvalue weighted by Crippen LogP contribution is -2.32. The molecule has 0 radical (unpaired) electrons. The summed E-state index contributed by atoms with van der Waals surface area (Å²) in [7, 11) is -1.21. The zero-order valence-electron chi connectivity index (χ0n) is 10.4. The Morgan fingerprint density at radius 3 is 1.71 bits per heavy atom. The fourth-order valence-corrected chi connectivity index (χ4v) is 0.955. The molecule has 0 saturated heterocycles. The van der Waals surface area contributed by atoms with E-state index in [1.807, 2.05) is 13.8 Å². The number of unbranched alkanes of at least 4 members (excludes halogenated alkanes) is 2. The summed E-state index contributed by atoms with van der Waals surface area (Å²) < 4.78 is 50.6. The van der Waals surface area contributed by atoms with Gasteiger partial charge in [0.25, 0.3) is 0 Å². The molecule has 0 amide bonds. The zero-order chi connectivity index (χ0) is 13.1. The van der Waals surface area contributed by atoms with Crippen molar-refractivity contribution in [3.63, 3.8) is 0 Å². The average Bonchev–Trinajstić information content (AvgIpc) is 2.24. The second-order valence-corrected chi connectivity index (χ2v) is 3.66. The van der Waals surface area contributed by atoms with Gasteiger partial charge in [-0.15, -0.1) is 0 Å². The van der Waals surface area contributed by atoms with Gasteiger partial charge in [0.05, 0.1) is 0 Å². The maximum absolute atomic E-state index is 12.0. The van der Waals surface area contributed by atoms with Gasteiger partial charge in [0.15, 0.2) is 0 Å². The summed E-state index contributed by atoms with van der Waals surface area (Å²) >= 11 is 0. The molecule has 0 spiro atoms. The molecule has 0 bridgehead atoms. The van der Waals surface area contributed by atoms with Gasteiger partial charge in [0, 0.05) is 13.2 Å². The monoisotopic (exact) mass is 256 g/mol. The van der Waals surface area contributed by atoms with Gasteiger partial charge >= 0.3 is 13.5 Å². The molecule has 0 aromatic rings. The summed E-state index contributed by atoms with van der Waals surface area (Å²) in [6.07, 6.45) is -1.02. The normalized spacial score (nSPS) is 11.8. The molecule has 0 heterocycles. The molecule has 0 rings (SSSR count). The molecule has 102 valence electrons. The van der Waals surface area contributed by atoms with Crippen LogP contribution in [0.3, 0.4) is 0 Å². The van der Waals surface area contributed by atoms with Crippen molar-refractivity contribution < 1.29 is 27.1 Å². The van der Waals surface area contributed by atoms with E-state index in [0.717, 1.165) is 25.7 Å². The Morgan fingerprint density at radius 2 is 1.35 bits per heavy atom. The van der Waals surface area contributed by atoms with Gasteiger partial charge in [-0.25, -0.2) is 0 Å².